The molecule has 6 nitrogen and oxygen atoms in total. The topological polar surface area (TPSA) is 76.9 Å². The summed E-state index contributed by atoms with van der Waals surface area (Å²) in [4.78, 5) is 21.4. The van der Waals surface area contributed by atoms with Crippen molar-refractivity contribution in [1.29, 1.82) is 0 Å². The highest BCUT2D eigenvalue weighted by Gasteiger charge is 2.29. The van der Waals surface area contributed by atoms with Gasteiger partial charge in [0, 0.05) is 55.7 Å². The van der Waals surface area contributed by atoms with Crippen molar-refractivity contribution in [2.75, 3.05) is 24.5 Å². The van der Waals surface area contributed by atoms with Crippen molar-refractivity contribution in [3.05, 3.63) is 82.2 Å². The number of piperidine rings is 1. The van der Waals surface area contributed by atoms with Gasteiger partial charge in [-0.05, 0) is 87.1 Å². The summed E-state index contributed by atoms with van der Waals surface area (Å²) in [7, 11) is 0. The lowest BCUT2D eigenvalue weighted by molar-refractivity contribution is -0.136. The van der Waals surface area contributed by atoms with E-state index in [2.05, 4.69) is 78.0 Å². The lowest BCUT2D eigenvalue weighted by atomic mass is 9.82. The van der Waals surface area contributed by atoms with Gasteiger partial charge >= 0.3 is 5.97 Å². The van der Waals surface area contributed by atoms with Crippen LogP contribution in [0, 0.1) is 19.3 Å². The number of hydrogen-bond donors (Lipinski definition) is 2. The van der Waals surface area contributed by atoms with E-state index >= 15 is 0 Å². The van der Waals surface area contributed by atoms with Gasteiger partial charge in [0.1, 0.15) is 0 Å². The maximum Gasteiger partial charge on any atom is 0.307 e. The van der Waals surface area contributed by atoms with Crippen LogP contribution in [0.5, 0.6) is 0 Å². The Morgan fingerprint density at radius 2 is 1.67 bits per heavy atom. The zero-order valence-corrected chi connectivity index (χ0v) is 26.6. The molecule has 0 atom stereocenters. The molecule has 0 amide bonds. The Hall–Kier alpha value is -3.22. The van der Waals surface area contributed by atoms with Crippen LogP contribution in [-0.4, -0.2) is 51.3 Å². The Balaban J connectivity index is 0.000000748. The minimum absolute atomic E-state index is 0.000697. The van der Waals surface area contributed by atoms with Gasteiger partial charge in [0.15, 0.2) is 0 Å². The largest absolute Gasteiger partial charge is 0.481 e. The average molecular weight is 572 g/mol. The number of aromatic nitrogens is 1. The molecule has 42 heavy (non-hydrogen) atoms. The number of rotatable bonds is 6. The normalized spacial score (nSPS) is 16.8. The van der Waals surface area contributed by atoms with Crippen molar-refractivity contribution in [2.24, 2.45) is 5.41 Å². The number of hydrogen-bond acceptors (Lipinski definition) is 5. The second-order valence-corrected chi connectivity index (χ2v) is 13.8. The first-order valence-electron chi connectivity index (χ1n) is 15.3. The predicted molar refractivity (Wildman–Crippen MR) is 172 cm³/mol. The number of aryl methyl sites for hydroxylation is 2. The van der Waals surface area contributed by atoms with Crippen molar-refractivity contribution in [2.45, 2.75) is 92.8 Å². The highest BCUT2D eigenvalue weighted by molar-refractivity contribution is 5.85. The molecule has 0 unspecified atom stereocenters. The van der Waals surface area contributed by atoms with Crippen molar-refractivity contribution < 1.29 is 15.0 Å². The van der Waals surface area contributed by atoms with Crippen LogP contribution in [0.3, 0.4) is 0 Å². The van der Waals surface area contributed by atoms with Crippen LogP contribution in [0.15, 0.2) is 48.7 Å². The van der Waals surface area contributed by atoms with E-state index in [4.69, 9.17) is 5.11 Å². The number of carboxylic acids is 1. The van der Waals surface area contributed by atoms with Gasteiger partial charge < -0.3 is 15.1 Å². The molecule has 0 bridgehead atoms. The standard InChI is InChI=1S/C32H39N3O2.C4H10O/c1-22-7-5-6-8-26(22)20-34-14-11-24-17-25(9-10-27(24)21-34)29-19-33-23(2)28(18-30(36)37)31(29)35-15-12-32(3,4)13-16-35;1-4(2,3)5/h5-10,17,19H,11-16,18,20-21H2,1-4H3,(H,36,37);5H,1-3H3. The fourth-order valence-corrected chi connectivity index (χ4v) is 5.85. The van der Waals surface area contributed by atoms with Gasteiger partial charge in [0.05, 0.1) is 17.7 Å². The predicted octanol–water partition coefficient (Wildman–Crippen LogP) is 6.95. The highest BCUT2D eigenvalue weighted by atomic mass is 16.4. The summed E-state index contributed by atoms with van der Waals surface area (Å²) in [5.41, 5.74) is 10.3. The molecule has 6 heteroatoms. The summed E-state index contributed by atoms with van der Waals surface area (Å²) in [6.45, 7) is 18.9. The maximum atomic E-state index is 11.8. The number of carbonyl (C=O) groups is 1. The lowest BCUT2D eigenvalue weighted by Crippen LogP contribution is -2.38. The summed E-state index contributed by atoms with van der Waals surface area (Å²) < 4.78 is 0. The van der Waals surface area contributed by atoms with E-state index in [1.165, 1.54) is 22.3 Å². The molecule has 2 aromatic carbocycles. The smallest absolute Gasteiger partial charge is 0.307 e. The number of nitrogens with zero attached hydrogens (tertiary/aromatic N) is 3. The molecule has 5 rings (SSSR count). The van der Waals surface area contributed by atoms with E-state index in [1.54, 1.807) is 20.8 Å². The highest BCUT2D eigenvalue weighted by Crippen LogP contribution is 2.40. The molecule has 0 saturated carbocycles. The summed E-state index contributed by atoms with van der Waals surface area (Å²) in [6.07, 6.45) is 5.18. The van der Waals surface area contributed by atoms with Gasteiger partial charge in [-0.15, -0.1) is 0 Å². The quantitative estimate of drug-likeness (QED) is 0.333. The monoisotopic (exact) mass is 571 g/mol. The fourth-order valence-electron chi connectivity index (χ4n) is 5.85. The minimum Gasteiger partial charge on any atom is -0.481 e. The van der Waals surface area contributed by atoms with E-state index in [1.807, 2.05) is 13.1 Å². The molecule has 0 radical (unpaired) electrons. The number of benzene rings is 2. The first kappa shape index (κ1) is 31.7. The van der Waals surface area contributed by atoms with Crippen LogP contribution >= 0.6 is 0 Å². The van der Waals surface area contributed by atoms with E-state index in [9.17, 15) is 9.90 Å². The molecule has 226 valence electrons. The molecule has 2 N–H and O–H groups in total. The van der Waals surface area contributed by atoms with Gasteiger partial charge in [-0.25, -0.2) is 0 Å². The van der Waals surface area contributed by atoms with Gasteiger partial charge in [0.2, 0.25) is 0 Å². The zero-order chi connectivity index (χ0) is 30.7. The maximum absolute atomic E-state index is 11.8. The van der Waals surface area contributed by atoms with Crippen LogP contribution in [0.1, 0.15) is 81.0 Å². The zero-order valence-electron chi connectivity index (χ0n) is 26.6. The van der Waals surface area contributed by atoms with E-state index < -0.39 is 11.6 Å². The molecular weight excluding hydrogens is 522 g/mol. The number of carboxylic acid groups (broad SMARTS) is 1. The second-order valence-electron chi connectivity index (χ2n) is 13.8. The minimum atomic E-state index is -0.806. The number of pyridine rings is 1. The Bertz CT molecular complexity index is 1390. The SMILES string of the molecule is CC(C)(C)O.Cc1ccccc1CN1CCc2cc(-c3cnc(C)c(CC(=O)O)c3N3CCC(C)(C)CC3)ccc2C1. The molecule has 1 fully saturated rings. The van der Waals surface area contributed by atoms with Crippen LogP contribution in [0.25, 0.3) is 11.1 Å². The van der Waals surface area contributed by atoms with Gasteiger partial charge in [-0.1, -0.05) is 56.3 Å². The van der Waals surface area contributed by atoms with Crippen LogP contribution < -0.4 is 4.90 Å². The third-order valence-electron chi connectivity index (χ3n) is 8.39. The third kappa shape index (κ3) is 8.42. The fraction of sp³-hybridized carbons (Fsp3) is 0.500. The molecular formula is C36H49N3O3. The summed E-state index contributed by atoms with van der Waals surface area (Å²) in [5, 5.41) is 18.2. The number of aliphatic carboxylic acids is 1. The van der Waals surface area contributed by atoms with Crippen molar-refractivity contribution in [3.63, 3.8) is 0 Å². The Labute approximate surface area is 252 Å². The second kappa shape index (κ2) is 13.0. The molecule has 1 aromatic heterocycles. The molecule has 2 aliphatic rings. The molecule has 3 aromatic rings. The Morgan fingerprint density at radius 3 is 2.31 bits per heavy atom. The van der Waals surface area contributed by atoms with Crippen molar-refractivity contribution in [1.82, 2.24) is 9.88 Å². The molecule has 0 spiro atoms. The van der Waals surface area contributed by atoms with Gasteiger partial charge in [-0.2, -0.15) is 0 Å². The summed E-state index contributed by atoms with van der Waals surface area (Å²) >= 11 is 0. The van der Waals surface area contributed by atoms with Crippen LogP contribution in [0.4, 0.5) is 5.69 Å². The van der Waals surface area contributed by atoms with E-state index in [0.717, 1.165) is 80.1 Å². The molecule has 3 heterocycles. The van der Waals surface area contributed by atoms with Gasteiger partial charge in [0.25, 0.3) is 0 Å². The first-order valence-corrected chi connectivity index (χ1v) is 15.3. The van der Waals surface area contributed by atoms with Crippen molar-refractivity contribution in [3.8, 4) is 11.1 Å². The number of aliphatic hydroxyl groups is 1. The lowest BCUT2D eigenvalue weighted by Gasteiger charge is -2.40. The third-order valence-corrected chi connectivity index (χ3v) is 8.39. The molecule has 2 aliphatic heterocycles. The Kier molecular flexibility index (Phi) is 9.79. The molecule has 1 saturated heterocycles. The number of anilines is 1. The van der Waals surface area contributed by atoms with E-state index in [-0.39, 0.29) is 6.42 Å². The van der Waals surface area contributed by atoms with Crippen LogP contribution in [0.2, 0.25) is 0 Å². The summed E-state index contributed by atoms with van der Waals surface area (Å²) in [6, 6.07) is 15.5. The number of fused-ring (bicyclic) bond motifs is 1. The average Bonchev–Trinajstić information content (AvgIpc) is 2.90. The first-order chi connectivity index (χ1) is 19.7. The molecule has 0 aliphatic carbocycles. The van der Waals surface area contributed by atoms with Crippen molar-refractivity contribution >= 4 is 11.7 Å². The summed E-state index contributed by atoms with van der Waals surface area (Å²) in [5.74, 6) is -0.806. The van der Waals surface area contributed by atoms with Crippen LogP contribution in [-0.2, 0) is 30.7 Å². The van der Waals surface area contributed by atoms with E-state index in [0.29, 0.717) is 5.41 Å². The Morgan fingerprint density at radius 1 is 1.00 bits per heavy atom. The van der Waals surface area contributed by atoms with Gasteiger partial charge in [-0.3, -0.25) is 14.7 Å².